The van der Waals surface area contributed by atoms with E-state index in [9.17, 15) is 0 Å². The molecule has 0 amide bonds. The summed E-state index contributed by atoms with van der Waals surface area (Å²) in [6.45, 7) is 3.49. The normalized spacial score (nSPS) is 10.6. The van der Waals surface area contributed by atoms with Crippen molar-refractivity contribution in [1.29, 1.82) is 0 Å². The third kappa shape index (κ3) is 4.61. The van der Waals surface area contributed by atoms with E-state index < -0.39 is 0 Å². The number of rotatable bonds is 9. The van der Waals surface area contributed by atoms with E-state index in [-0.39, 0.29) is 0 Å². The van der Waals surface area contributed by atoms with Crippen molar-refractivity contribution in [2.24, 2.45) is 0 Å². The largest absolute Gasteiger partial charge is 0.495 e. The number of benzene rings is 2. The van der Waals surface area contributed by atoms with Crippen molar-refractivity contribution >= 4 is 22.3 Å². The van der Waals surface area contributed by atoms with Crippen LogP contribution in [0.4, 0.5) is 11.4 Å². The van der Waals surface area contributed by atoms with Gasteiger partial charge in [-0.25, -0.2) is 0 Å². The highest BCUT2D eigenvalue weighted by molar-refractivity contribution is 5.90. The predicted molar refractivity (Wildman–Crippen MR) is 105 cm³/mol. The van der Waals surface area contributed by atoms with Gasteiger partial charge < -0.3 is 20.7 Å². The van der Waals surface area contributed by atoms with Crippen LogP contribution >= 0.6 is 0 Å². The molecule has 0 bridgehead atoms. The lowest BCUT2D eigenvalue weighted by Crippen LogP contribution is -2.27. The first-order valence-corrected chi connectivity index (χ1v) is 8.54. The van der Waals surface area contributed by atoms with Gasteiger partial charge >= 0.3 is 0 Å². The van der Waals surface area contributed by atoms with E-state index in [1.54, 1.807) is 7.11 Å². The van der Waals surface area contributed by atoms with Crippen molar-refractivity contribution in [1.82, 2.24) is 10.3 Å². The molecule has 3 N–H and O–H groups in total. The Labute approximate surface area is 148 Å². The highest BCUT2D eigenvalue weighted by Crippen LogP contribution is 2.22. The van der Waals surface area contributed by atoms with Gasteiger partial charge in [-0.2, -0.15) is 0 Å². The average molecular weight is 336 g/mol. The lowest BCUT2D eigenvalue weighted by atomic mass is 10.2. The summed E-state index contributed by atoms with van der Waals surface area (Å²) in [5.74, 6) is 0.869. The molecule has 0 unspecified atom stereocenters. The molecule has 0 aliphatic heterocycles. The van der Waals surface area contributed by atoms with Crippen LogP contribution in [0.15, 0.2) is 60.8 Å². The number of nitrogens with zero attached hydrogens (tertiary/aromatic N) is 1. The van der Waals surface area contributed by atoms with Crippen LogP contribution in [0.2, 0.25) is 0 Å². The minimum atomic E-state index is 0.846. The number of anilines is 2. The fraction of sp³-hybridized carbons (Fsp3) is 0.250. The molecule has 5 heteroatoms. The molecule has 0 radical (unpaired) electrons. The summed E-state index contributed by atoms with van der Waals surface area (Å²) in [4.78, 5) is 4.38. The number of ether oxygens (including phenoxy) is 1. The first-order chi connectivity index (χ1) is 12.4. The van der Waals surface area contributed by atoms with Crippen LogP contribution in [0.5, 0.6) is 5.75 Å². The van der Waals surface area contributed by atoms with E-state index in [2.05, 4.69) is 27.0 Å². The molecule has 0 saturated heterocycles. The number of methoxy groups -OCH3 is 1. The number of aromatic nitrogens is 1. The Bertz CT molecular complexity index is 801. The average Bonchev–Trinajstić information content (AvgIpc) is 2.67. The number of hydrogen-bond donors (Lipinski definition) is 3. The topological polar surface area (TPSA) is 58.2 Å². The zero-order valence-corrected chi connectivity index (χ0v) is 14.5. The van der Waals surface area contributed by atoms with Gasteiger partial charge in [0.15, 0.2) is 0 Å². The summed E-state index contributed by atoms with van der Waals surface area (Å²) in [7, 11) is 1.69. The Morgan fingerprint density at radius 2 is 1.52 bits per heavy atom. The highest BCUT2D eigenvalue weighted by Gasteiger charge is 2.01. The van der Waals surface area contributed by atoms with Crippen LogP contribution in [0, 0.1) is 0 Å². The van der Waals surface area contributed by atoms with Gasteiger partial charge in [-0.3, -0.25) is 4.98 Å². The molecule has 0 aliphatic carbocycles. The van der Waals surface area contributed by atoms with Gasteiger partial charge in [-0.1, -0.05) is 30.3 Å². The number of hydrogen-bond acceptors (Lipinski definition) is 5. The molecule has 0 aliphatic rings. The van der Waals surface area contributed by atoms with Gasteiger partial charge in [-0.05, 0) is 24.3 Å². The van der Waals surface area contributed by atoms with Crippen molar-refractivity contribution in [2.45, 2.75) is 0 Å². The second-order valence-electron chi connectivity index (χ2n) is 5.68. The SMILES string of the molecule is COc1ccccc1NCCNCCNc1ccnc2ccccc12. The lowest BCUT2D eigenvalue weighted by molar-refractivity contribution is 0.416. The summed E-state index contributed by atoms with van der Waals surface area (Å²) in [5.41, 5.74) is 3.16. The van der Waals surface area contributed by atoms with Gasteiger partial charge in [-0.15, -0.1) is 0 Å². The quantitative estimate of drug-likeness (QED) is 0.523. The Hall–Kier alpha value is -2.79. The molecule has 130 valence electrons. The fourth-order valence-corrected chi connectivity index (χ4v) is 2.74. The number of pyridine rings is 1. The molecule has 1 aromatic heterocycles. The van der Waals surface area contributed by atoms with Crippen molar-refractivity contribution in [3.05, 3.63) is 60.8 Å². The molecule has 0 spiro atoms. The van der Waals surface area contributed by atoms with Crippen LogP contribution in [0.3, 0.4) is 0 Å². The second kappa shape index (κ2) is 8.89. The smallest absolute Gasteiger partial charge is 0.141 e. The molecule has 0 fully saturated rings. The summed E-state index contributed by atoms with van der Waals surface area (Å²) in [5, 5.41) is 11.4. The van der Waals surface area contributed by atoms with Gasteiger partial charge in [0.25, 0.3) is 0 Å². The third-order valence-electron chi connectivity index (χ3n) is 3.99. The number of fused-ring (bicyclic) bond motifs is 1. The summed E-state index contributed by atoms with van der Waals surface area (Å²) >= 11 is 0. The van der Waals surface area contributed by atoms with Gasteiger partial charge in [0.05, 0.1) is 18.3 Å². The molecule has 2 aromatic carbocycles. The monoisotopic (exact) mass is 336 g/mol. The summed E-state index contributed by atoms with van der Waals surface area (Å²) in [6.07, 6.45) is 1.84. The van der Waals surface area contributed by atoms with Crippen LogP contribution < -0.4 is 20.7 Å². The molecule has 0 saturated carbocycles. The van der Waals surface area contributed by atoms with Crippen LogP contribution in [0.25, 0.3) is 10.9 Å². The van der Waals surface area contributed by atoms with Crippen molar-refractivity contribution in [2.75, 3.05) is 43.9 Å². The molecule has 0 atom stereocenters. The van der Waals surface area contributed by atoms with E-state index >= 15 is 0 Å². The van der Waals surface area contributed by atoms with Crippen LogP contribution in [-0.2, 0) is 0 Å². The molecule has 5 nitrogen and oxygen atoms in total. The Balaban J connectivity index is 1.38. The van der Waals surface area contributed by atoms with Crippen molar-refractivity contribution in [3.63, 3.8) is 0 Å². The minimum Gasteiger partial charge on any atom is -0.495 e. The summed E-state index contributed by atoms with van der Waals surface area (Å²) < 4.78 is 5.33. The van der Waals surface area contributed by atoms with Gasteiger partial charge in [0.1, 0.15) is 5.75 Å². The third-order valence-corrected chi connectivity index (χ3v) is 3.99. The van der Waals surface area contributed by atoms with E-state index in [4.69, 9.17) is 4.74 Å². The zero-order chi connectivity index (χ0) is 17.3. The van der Waals surface area contributed by atoms with Gasteiger partial charge in [0.2, 0.25) is 0 Å². The molecule has 3 rings (SSSR count). The Kier molecular flexibility index (Phi) is 6.06. The van der Waals surface area contributed by atoms with Crippen molar-refractivity contribution in [3.8, 4) is 5.75 Å². The fourth-order valence-electron chi connectivity index (χ4n) is 2.74. The minimum absolute atomic E-state index is 0.846. The van der Waals surface area contributed by atoms with Gasteiger partial charge in [0, 0.05) is 43.4 Å². The molecule has 3 aromatic rings. The number of nitrogens with one attached hydrogen (secondary N) is 3. The molecular weight excluding hydrogens is 312 g/mol. The maximum Gasteiger partial charge on any atom is 0.141 e. The summed E-state index contributed by atoms with van der Waals surface area (Å²) in [6, 6.07) is 18.1. The zero-order valence-electron chi connectivity index (χ0n) is 14.5. The van der Waals surface area contributed by atoms with Crippen molar-refractivity contribution < 1.29 is 4.74 Å². The Morgan fingerprint density at radius 3 is 2.36 bits per heavy atom. The van der Waals surface area contributed by atoms with Crippen LogP contribution in [-0.4, -0.2) is 38.3 Å². The maximum atomic E-state index is 5.33. The predicted octanol–water partition coefficient (Wildman–Crippen LogP) is 3.36. The maximum absolute atomic E-state index is 5.33. The van der Waals surface area contributed by atoms with E-state index in [1.807, 2.05) is 54.7 Å². The number of para-hydroxylation sites is 3. The second-order valence-corrected chi connectivity index (χ2v) is 5.68. The van der Waals surface area contributed by atoms with E-state index in [0.717, 1.165) is 54.2 Å². The van der Waals surface area contributed by atoms with E-state index in [0.29, 0.717) is 0 Å². The van der Waals surface area contributed by atoms with E-state index in [1.165, 1.54) is 0 Å². The first kappa shape index (κ1) is 17.0. The standard InChI is InChI=1S/C20H24N4O/c1-25-20-9-5-4-8-19(20)24-15-13-21-12-14-23-18-10-11-22-17-7-3-2-6-16(17)18/h2-11,21,24H,12-15H2,1H3,(H,22,23). The molecule has 25 heavy (non-hydrogen) atoms. The lowest BCUT2D eigenvalue weighted by Gasteiger charge is -2.12. The molecular formula is C20H24N4O. The van der Waals surface area contributed by atoms with Crippen LogP contribution in [0.1, 0.15) is 0 Å². The highest BCUT2D eigenvalue weighted by atomic mass is 16.5. The first-order valence-electron chi connectivity index (χ1n) is 8.54. The Morgan fingerprint density at radius 1 is 0.800 bits per heavy atom. The molecule has 1 heterocycles.